The Hall–Kier alpha value is -5.43. The average Bonchev–Trinajstić information content (AvgIpc) is 3.15. The number of aryl methyl sites for hydroxylation is 1. The number of hydrogen-bond donors (Lipinski definition) is 1. The number of amides is 1. The number of rotatable bonds is 17. The van der Waals surface area contributed by atoms with Gasteiger partial charge >= 0.3 is 11.9 Å². The second-order valence-electron chi connectivity index (χ2n) is 11.7. The highest BCUT2D eigenvalue weighted by Crippen LogP contribution is 2.41. The van der Waals surface area contributed by atoms with Gasteiger partial charge in [0, 0.05) is 35.4 Å². The molecule has 0 fully saturated rings. The lowest BCUT2D eigenvalue weighted by Crippen LogP contribution is -2.24. The van der Waals surface area contributed by atoms with E-state index >= 15 is 0 Å². The molecule has 0 bridgehead atoms. The van der Waals surface area contributed by atoms with Gasteiger partial charge in [0.1, 0.15) is 5.75 Å². The molecule has 0 unspecified atom stereocenters. The minimum Gasteiger partial charge on any atom is -0.495 e. The number of unbranched alkanes of at least 4 members (excludes halogenated alkanes) is 5. The maximum Gasteiger partial charge on any atom is 0.330 e. The van der Waals surface area contributed by atoms with Crippen LogP contribution in [0.1, 0.15) is 65.6 Å². The van der Waals surface area contributed by atoms with Crippen LogP contribution in [0.15, 0.2) is 103 Å². The first-order chi connectivity index (χ1) is 23.9. The lowest BCUT2D eigenvalue weighted by molar-refractivity contribution is -0.135. The van der Waals surface area contributed by atoms with Gasteiger partial charge in [-0.15, -0.1) is 0 Å². The number of benzene rings is 4. The maximum atomic E-state index is 13.6. The number of carbonyl (C=O) groups excluding carboxylic acids is 3. The molecule has 1 amide bonds. The zero-order valence-corrected chi connectivity index (χ0v) is 28.6. The van der Waals surface area contributed by atoms with Gasteiger partial charge in [-0.1, -0.05) is 92.4 Å². The molecule has 0 spiro atoms. The first-order valence-electron chi connectivity index (χ1n) is 16.7. The molecule has 0 aliphatic rings. The molecule has 0 saturated carbocycles. The highest BCUT2D eigenvalue weighted by Gasteiger charge is 2.19. The lowest BCUT2D eigenvalue weighted by atomic mass is 9.92. The van der Waals surface area contributed by atoms with Crippen LogP contribution in [0.2, 0.25) is 0 Å². The van der Waals surface area contributed by atoms with E-state index in [4.69, 9.17) is 14.2 Å². The minimum absolute atomic E-state index is 0.170. The van der Waals surface area contributed by atoms with Gasteiger partial charge in [-0.25, -0.2) is 9.59 Å². The van der Waals surface area contributed by atoms with E-state index in [1.54, 1.807) is 19.3 Å². The number of methoxy groups -OCH3 is 3. The van der Waals surface area contributed by atoms with Crippen molar-refractivity contribution in [2.24, 2.45) is 0 Å². The molecule has 0 heterocycles. The van der Waals surface area contributed by atoms with Crippen LogP contribution in [0.5, 0.6) is 5.75 Å². The largest absolute Gasteiger partial charge is 0.495 e. The Balaban J connectivity index is 1.53. The summed E-state index contributed by atoms with van der Waals surface area (Å²) in [6.07, 6.45) is 13.9. The summed E-state index contributed by atoms with van der Waals surface area (Å²) in [5.74, 6) is -0.482. The predicted molar refractivity (Wildman–Crippen MR) is 196 cm³/mol. The van der Waals surface area contributed by atoms with Crippen molar-refractivity contribution in [2.45, 2.75) is 44.9 Å². The summed E-state index contributed by atoms with van der Waals surface area (Å²) in [6, 6.07) is 29.6. The SMILES string of the molecule is COC(=O)C=Cc1cccc(-c2cc(C(=O)NCCCCCCCCc3ccccc3)cc(-c3cccc(C=CC(=O)OC)c3)c2OC)c1. The molecule has 4 rings (SSSR count). The van der Waals surface area contributed by atoms with Crippen LogP contribution >= 0.6 is 0 Å². The Morgan fingerprint density at radius 1 is 0.612 bits per heavy atom. The van der Waals surface area contributed by atoms with E-state index in [0.717, 1.165) is 59.1 Å². The molecule has 0 radical (unpaired) electrons. The van der Waals surface area contributed by atoms with Gasteiger partial charge in [0.2, 0.25) is 0 Å². The Labute approximate surface area is 289 Å². The summed E-state index contributed by atoms with van der Waals surface area (Å²) in [4.78, 5) is 37.0. The van der Waals surface area contributed by atoms with E-state index in [1.165, 1.54) is 51.2 Å². The topological polar surface area (TPSA) is 90.9 Å². The first-order valence-corrected chi connectivity index (χ1v) is 16.7. The number of esters is 2. The molecular weight excluding hydrogens is 614 g/mol. The third kappa shape index (κ3) is 11.4. The fraction of sp³-hybridized carbons (Fsp3) is 0.262. The van der Waals surface area contributed by atoms with Crippen LogP contribution in [0, 0.1) is 0 Å². The summed E-state index contributed by atoms with van der Waals surface area (Å²) in [5.41, 5.74) is 6.54. The summed E-state index contributed by atoms with van der Waals surface area (Å²) in [7, 11) is 4.27. The molecule has 49 heavy (non-hydrogen) atoms. The molecule has 7 nitrogen and oxygen atoms in total. The van der Waals surface area contributed by atoms with Crippen molar-refractivity contribution in [1.82, 2.24) is 5.32 Å². The Morgan fingerprint density at radius 2 is 1.14 bits per heavy atom. The zero-order chi connectivity index (χ0) is 34.8. The van der Waals surface area contributed by atoms with E-state index in [-0.39, 0.29) is 5.91 Å². The van der Waals surface area contributed by atoms with Crippen LogP contribution in [0.25, 0.3) is 34.4 Å². The fourth-order valence-corrected chi connectivity index (χ4v) is 5.60. The van der Waals surface area contributed by atoms with Gasteiger partial charge in [-0.3, -0.25) is 4.79 Å². The highest BCUT2D eigenvalue weighted by molar-refractivity contribution is 5.99. The third-order valence-corrected chi connectivity index (χ3v) is 8.20. The quantitative estimate of drug-likeness (QED) is 0.0693. The molecule has 0 aliphatic heterocycles. The van der Waals surface area contributed by atoms with Gasteiger partial charge in [0.25, 0.3) is 5.91 Å². The Bertz CT molecular complexity index is 1670. The van der Waals surface area contributed by atoms with Crippen molar-refractivity contribution in [2.75, 3.05) is 27.9 Å². The fourth-order valence-electron chi connectivity index (χ4n) is 5.60. The van der Waals surface area contributed by atoms with Crippen LogP contribution in [0.4, 0.5) is 0 Å². The van der Waals surface area contributed by atoms with E-state index in [9.17, 15) is 14.4 Å². The van der Waals surface area contributed by atoms with Gasteiger partial charge in [0.15, 0.2) is 0 Å². The Morgan fingerprint density at radius 3 is 1.67 bits per heavy atom. The average molecular weight is 660 g/mol. The maximum absolute atomic E-state index is 13.6. The van der Waals surface area contributed by atoms with E-state index in [2.05, 4.69) is 35.6 Å². The standard InChI is InChI=1S/C42H45NO6/c1-47-39(44)24-22-32-18-13-20-34(27-32)37-29-36(42(46)43-26-12-7-5-4-6-9-15-31-16-10-8-11-17-31)30-38(41(37)49-3)35-21-14-19-33(28-35)23-25-40(45)48-2/h8,10-11,13-14,16-25,27-30H,4-7,9,12,15,26H2,1-3H3,(H,43,46). The first kappa shape index (κ1) is 36.4. The Kier molecular flexibility index (Phi) is 14.4. The predicted octanol–water partition coefficient (Wildman–Crippen LogP) is 8.71. The van der Waals surface area contributed by atoms with Crippen LogP contribution in [-0.2, 0) is 25.5 Å². The van der Waals surface area contributed by atoms with Crippen LogP contribution < -0.4 is 10.1 Å². The van der Waals surface area contributed by atoms with Gasteiger partial charge in [-0.2, -0.15) is 0 Å². The van der Waals surface area contributed by atoms with E-state index in [0.29, 0.717) is 17.9 Å². The van der Waals surface area contributed by atoms with Crippen molar-refractivity contribution < 1.29 is 28.6 Å². The molecule has 254 valence electrons. The molecule has 0 aliphatic carbocycles. The molecule has 7 heteroatoms. The molecule has 0 aromatic heterocycles. The minimum atomic E-state index is -0.451. The second-order valence-corrected chi connectivity index (χ2v) is 11.7. The summed E-state index contributed by atoms with van der Waals surface area (Å²) < 4.78 is 15.5. The number of nitrogens with one attached hydrogen (secondary N) is 1. The van der Waals surface area contributed by atoms with E-state index in [1.807, 2.05) is 60.7 Å². The summed E-state index contributed by atoms with van der Waals surface area (Å²) >= 11 is 0. The molecule has 1 N–H and O–H groups in total. The smallest absolute Gasteiger partial charge is 0.330 e. The van der Waals surface area contributed by atoms with Crippen molar-refractivity contribution in [3.63, 3.8) is 0 Å². The molecule has 4 aromatic carbocycles. The van der Waals surface area contributed by atoms with Crippen molar-refractivity contribution in [3.8, 4) is 28.0 Å². The molecule has 0 atom stereocenters. The highest BCUT2D eigenvalue weighted by atomic mass is 16.5. The van der Waals surface area contributed by atoms with Crippen LogP contribution in [0.3, 0.4) is 0 Å². The number of hydrogen-bond acceptors (Lipinski definition) is 6. The van der Waals surface area contributed by atoms with Gasteiger partial charge in [-0.05, 0) is 83.5 Å². The lowest BCUT2D eigenvalue weighted by Gasteiger charge is -2.17. The van der Waals surface area contributed by atoms with Crippen molar-refractivity contribution in [1.29, 1.82) is 0 Å². The summed E-state index contributed by atoms with van der Waals surface area (Å²) in [6.45, 7) is 0.584. The van der Waals surface area contributed by atoms with Gasteiger partial charge in [0.05, 0.1) is 21.3 Å². The second kappa shape index (κ2) is 19.4. The van der Waals surface area contributed by atoms with Gasteiger partial charge < -0.3 is 19.5 Å². The normalized spacial score (nSPS) is 11.1. The van der Waals surface area contributed by atoms with Crippen LogP contribution in [-0.4, -0.2) is 45.7 Å². The molecule has 4 aromatic rings. The monoisotopic (exact) mass is 659 g/mol. The summed E-state index contributed by atoms with van der Waals surface area (Å²) in [5, 5.41) is 3.11. The zero-order valence-electron chi connectivity index (χ0n) is 28.6. The number of ether oxygens (including phenoxy) is 3. The molecule has 0 saturated heterocycles. The third-order valence-electron chi connectivity index (χ3n) is 8.20. The van der Waals surface area contributed by atoms with Crippen molar-refractivity contribution >= 4 is 30.0 Å². The number of carbonyl (C=O) groups is 3. The van der Waals surface area contributed by atoms with Crippen molar-refractivity contribution in [3.05, 3.63) is 125 Å². The molecular formula is C42H45NO6. The van der Waals surface area contributed by atoms with E-state index < -0.39 is 11.9 Å².